The average molecular weight is 267 g/mol. The summed E-state index contributed by atoms with van der Waals surface area (Å²) in [6.07, 6.45) is 2.67. The molecule has 0 unspecified atom stereocenters. The van der Waals surface area contributed by atoms with Crippen molar-refractivity contribution < 1.29 is 0 Å². The molecule has 1 saturated heterocycles. The monoisotopic (exact) mass is 267 g/mol. The Hall–Kier alpha value is -1.45. The first-order chi connectivity index (χ1) is 9.64. The van der Waals surface area contributed by atoms with Gasteiger partial charge in [-0.05, 0) is 43.4 Å². The van der Waals surface area contributed by atoms with E-state index < -0.39 is 0 Å². The van der Waals surface area contributed by atoms with Crippen molar-refractivity contribution in [2.45, 2.75) is 31.8 Å². The molecule has 0 spiro atoms. The number of aryl methyl sites for hydroxylation is 1. The zero-order valence-electron chi connectivity index (χ0n) is 12.0. The lowest BCUT2D eigenvalue weighted by Gasteiger charge is -2.48. The van der Waals surface area contributed by atoms with Crippen LogP contribution in [0.15, 0.2) is 30.3 Å². The van der Waals surface area contributed by atoms with Crippen molar-refractivity contribution in [3.8, 4) is 0 Å². The molecule has 4 rings (SSSR count). The van der Waals surface area contributed by atoms with Crippen LogP contribution in [-0.4, -0.2) is 28.5 Å². The molecule has 2 heterocycles. The second-order valence-electron chi connectivity index (χ2n) is 6.59. The summed E-state index contributed by atoms with van der Waals surface area (Å²) in [5, 5.41) is 1.28. The van der Waals surface area contributed by atoms with Crippen molar-refractivity contribution in [3.63, 3.8) is 0 Å². The third-order valence-corrected chi connectivity index (χ3v) is 4.75. The number of pyridine rings is 1. The zero-order chi connectivity index (χ0) is 13.7. The molecule has 1 aromatic heterocycles. The molecule has 2 aromatic rings. The molecule has 0 amide bonds. The number of nitrogens with zero attached hydrogens (tertiary/aromatic N) is 2. The number of benzene rings is 1. The summed E-state index contributed by atoms with van der Waals surface area (Å²) < 4.78 is 0. The van der Waals surface area contributed by atoms with Crippen LogP contribution in [0, 0.1) is 12.8 Å². The Morgan fingerprint density at radius 1 is 1.30 bits per heavy atom. The van der Waals surface area contributed by atoms with Gasteiger partial charge in [-0.15, -0.1) is 0 Å². The summed E-state index contributed by atoms with van der Waals surface area (Å²) in [4.78, 5) is 7.08. The van der Waals surface area contributed by atoms with E-state index in [9.17, 15) is 0 Å². The van der Waals surface area contributed by atoms with Crippen LogP contribution in [0.25, 0.3) is 10.9 Å². The van der Waals surface area contributed by atoms with Crippen LogP contribution < -0.4 is 5.73 Å². The minimum atomic E-state index is 0.109. The van der Waals surface area contributed by atoms with Crippen LogP contribution in [0.5, 0.6) is 0 Å². The van der Waals surface area contributed by atoms with Gasteiger partial charge in [-0.2, -0.15) is 0 Å². The quantitative estimate of drug-likeness (QED) is 0.929. The van der Waals surface area contributed by atoms with Crippen LogP contribution >= 0.6 is 0 Å². The highest BCUT2D eigenvalue weighted by Gasteiger charge is 2.49. The molecule has 0 bridgehead atoms. The van der Waals surface area contributed by atoms with Crippen molar-refractivity contribution in [2.24, 2.45) is 11.7 Å². The number of hydrogen-bond acceptors (Lipinski definition) is 3. The fourth-order valence-electron chi connectivity index (χ4n) is 3.58. The van der Waals surface area contributed by atoms with Gasteiger partial charge in [-0.1, -0.05) is 18.2 Å². The molecule has 1 aliphatic heterocycles. The van der Waals surface area contributed by atoms with Crippen molar-refractivity contribution in [2.75, 3.05) is 13.1 Å². The average Bonchev–Trinajstić information content (AvgIpc) is 3.21. The fourth-order valence-corrected chi connectivity index (χ4v) is 3.58. The molecule has 2 aliphatic rings. The van der Waals surface area contributed by atoms with Gasteiger partial charge >= 0.3 is 0 Å². The highest BCUT2D eigenvalue weighted by atomic mass is 15.3. The summed E-state index contributed by atoms with van der Waals surface area (Å²) in [6, 6.07) is 10.6. The van der Waals surface area contributed by atoms with Gasteiger partial charge in [-0.25, -0.2) is 0 Å². The molecule has 104 valence electrons. The first-order valence-electron chi connectivity index (χ1n) is 7.51. The van der Waals surface area contributed by atoms with E-state index in [1.54, 1.807) is 0 Å². The lowest BCUT2D eigenvalue weighted by atomic mass is 9.85. The van der Waals surface area contributed by atoms with Crippen LogP contribution in [-0.2, 0) is 6.54 Å². The smallest absolute Gasteiger partial charge is 0.0708 e. The maximum Gasteiger partial charge on any atom is 0.0708 e. The van der Waals surface area contributed by atoms with E-state index in [0.717, 1.165) is 36.8 Å². The number of para-hydroxylation sites is 1. The molecular formula is C17H21N3. The number of rotatable bonds is 3. The largest absolute Gasteiger partial charge is 0.323 e. The summed E-state index contributed by atoms with van der Waals surface area (Å²) >= 11 is 0. The van der Waals surface area contributed by atoms with E-state index in [1.807, 2.05) is 0 Å². The molecule has 0 atom stereocenters. The SMILES string of the molecule is Cc1cc(CN2CC(N)(C3CC3)C2)c2ccccc2n1. The molecule has 2 fully saturated rings. The van der Waals surface area contributed by atoms with E-state index in [4.69, 9.17) is 5.73 Å². The number of fused-ring (bicyclic) bond motifs is 1. The lowest BCUT2D eigenvalue weighted by Crippen LogP contribution is -2.68. The molecule has 1 aromatic carbocycles. The number of aromatic nitrogens is 1. The number of hydrogen-bond donors (Lipinski definition) is 1. The number of likely N-dealkylation sites (tertiary alicyclic amines) is 1. The normalized spacial score (nSPS) is 21.9. The third-order valence-electron chi connectivity index (χ3n) is 4.75. The topological polar surface area (TPSA) is 42.1 Å². The van der Waals surface area contributed by atoms with E-state index in [0.29, 0.717) is 0 Å². The van der Waals surface area contributed by atoms with Crippen molar-refractivity contribution in [1.82, 2.24) is 9.88 Å². The Bertz CT molecular complexity index is 654. The molecule has 0 radical (unpaired) electrons. The lowest BCUT2D eigenvalue weighted by molar-refractivity contribution is 0.0481. The van der Waals surface area contributed by atoms with Crippen LogP contribution in [0.1, 0.15) is 24.1 Å². The Morgan fingerprint density at radius 3 is 2.80 bits per heavy atom. The molecule has 2 N–H and O–H groups in total. The molecule has 3 heteroatoms. The molecule has 3 nitrogen and oxygen atoms in total. The van der Waals surface area contributed by atoms with Crippen molar-refractivity contribution >= 4 is 10.9 Å². The summed E-state index contributed by atoms with van der Waals surface area (Å²) in [5.41, 5.74) is 10.1. The molecule has 20 heavy (non-hydrogen) atoms. The van der Waals surface area contributed by atoms with Crippen LogP contribution in [0.3, 0.4) is 0 Å². The predicted molar refractivity (Wildman–Crippen MR) is 81.4 cm³/mol. The Morgan fingerprint density at radius 2 is 2.05 bits per heavy atom. The van der Waals surface area contributed by atoms with Gasteiger partial charge in [0.1, 0.15) is 0 Å². The zero-order valence-corrected chi connectivity index (χ0v) is 12.0. The summed E-state index contributed by atoms with van der Waals surface area (Å²) in [6.45, 7) is 5.17. The Labute approximate surface area is 119 Å². The Kier molecular flexibility index (Phi) is 2.63. The van der Waals surface area contributed by atoms with Gasteiger partial charge < -0.3 is 5.73 Å². The number of nitrogens with two attached hydrogens (primary N) is 1. The van der Waals surface area contributed by atoms with Crippen LogP contribution in [0.4, 0.5) is 0 Å². The van der Waals surface area contributed by atoms with E-state index >= 15 is 0 Å². The maximum atomic E-state index is 6.44. The van der Waals surface area contributed by atoms with Gasteiger partial charge in [0, 0.05) is 36.3 Å². The first-order valence-corrected chi connectivity index (χ1v) is 7.51. The molecule has 1 aliphatic carbocycles. The van der Waals surface area contributed by atoms with E-state index in [1.165, 1.54) is 23.8 Å². The summed E-state index contributed by atoms with van der Waals surface area (Å²) in [5.74, 6) is 0.787. The highest BCUT2D eigenvalue weighted by molar-refractivity contribution is 5.82. The second-order valence-corrected chi connectivity index (χ2v) is 6.59. The fraction of sp³-hybridized carbons (Fsp3) is 0.471. The van der Waals surface area contributed by atoms with Crippen molar-refractivity contribution in [1.29, 1.82) is 0 Å². The predicted octanol–water partition coefficient (Wildman–Crippen LogP) is 2.47. The van der Waals surface area contributed by atoms with Gasteiger partial charge in [0.25, 0.3) is 0 Å². The summed E-state index contributed by atoms with van der Waals surface area (Å²) in [7, 11) is 0. The van der Waals surface area contributed by atoms with Gasteiger partial charge in [0.15, 0.2) is 0 Å². The van der Waals surface area contributed by atoms with E-state index in [2.05, 4.69) is 47.1 Å². The molecular weight excluding hydrogens is 246 g/mol. The van der Waals surface area contributed by atoms with E-state index in [-0.39, 0.29) is 5.54 Å². The standard InChI is InChI=1S/C17H21N3/c1-12-8-13(15-4-2-3-5-16(15)19-12)9-20-10-17(18,11-20)14-6-7-14/h2-5,8,14H,6-7,9-11,18H2,1H3. The minimum absolute atomic E-state index is 0.109. The van der Waals surface area contributed by atoms with Gasteiger partial charge in [0.05, 0.1) is 5.52 Å². The maximum absolute atomic E-state index is 6.44. The minimum Gasteiger partial charge on any atom is -0.323 e. The Balaban J connectivity index is 1.57. The van der Waals surface area contributed by atoms with Crippen molar-refractivity contribution in [3.05, 3.63) is 41.6 Å². The van der Waals surface area contributed by atoms with Gasteiger partial charge in [0.2, 0.25) is 0 Å². The van der Waals surface area contributed by atoms with Gasteiger partial charge in [-0.3, -0.25) is 9.88 Å². The second kappa shape index (κ2) is 4.27. The molecule has 1 saturated carbocycles. The first kappa shape index (κ1) is 12.3. The van der Waals surface area contributed by atoms with Crippen LogP contribution in [0.2, 0.25) is 0 Å². The third kappa shape index (κ3) is 2.02. The highest BCUT2D eigenvalue weighted by Crippen LogP contribution is 2.43.